The van der Waals surface area contributed by atoms with Gasteiger partial charge >= 0.3 is 6.18 Å². The summed E-state index contributed by atoms with van der Waals surface area (Å²) in [5, 5.41) is 0. The Kier molecular flexibility index (Phi) is 2.50. The number of alkyl halides is 3. The minimum Gasteiger partial charge on any atom is -0.456 e. The maximum absolute atomic E-state index is 12.3. The molecular weight excluding hydrogens is 207 g/mol. The van der Waals surface area contributed by atoms with Gasteiger partial charge in [-0.1, -0.05) is 0 Å². The van der Waals surface area contributed by atoms with E-state index in [0.717, 1.165) is 12.5 Å². The van der Waals surface area contributed by atoms with Crippen molar-refractivity contribution >= 4 is 0 Å². The van der Waals surface area contributed by atoms with Gasteiger partial charge in [0.05, 0.1) is 0 Å². The van der Waals surface area contributed by atoms with Crippen LogP contribution in [0.25, 0.3) is 0 Å². The van der Waals surface area contributed by atoms with Gasteiger partial charge in [0.25, 0.3) is 0 Å². The Labute approximate surface area is 85.2 Å². The number of aryl methyl sites for hydroxylation is 1. The molecule has 5 heteroatoms. The molecule has 0 fully saturated rings. The van der Waals surface area contributed by atoms with Crippen molar-refractivity contribution in [1.82, 2.24) is 0 Å². The van der Waals surface area contributed by atoms with Crippen LogP contribution in [-0.2, 0) is 19.0 Å². The van der Waals surface area contributed by atoms with E-state index in [4.69, 9.17) is 10.2 Å². The van der Waals surface area contributed by atoms with Gasteiger partial charge in [-0.25, -0.2) is 0 Å². The van der Waals surface area contributed by atoms with Crippen LogP contribution in [0.1, 0.15) is 23.5 Å². The number of fused-ring (bicyclic) bond motifs is 1. The fourth-order valence-electron chi connectivity index (χ4n) is 1.92. The zero-order chi connectivity index (χ0) is 11.1. The van der Waals surface area contributed by atoms with Gasteiger partial charge in [-0.2, -0.15) is 13.2 Å². The van der Waals surface area contributed by atoms with Crippen molar-refractivity contribution in [3.63, 3.8) is 0 Å². The highest BCUT2D eigenvalue weighted by molar-refractivity contribution is 5.26. The third-order valence-electron chi connectivity index (χ3n) is 2.81. The monoisotopic (exact) mass is 219 g/mol. The Bertz CT molecular complexity index is 356. The first-order valence-corrected chi connectivity index (χ1v) is 4.89. The lowest BCUT2D eigenvalue weighted by Crippen LogP contribution is -2.21. The van der Waals surface area contributed by atoms with Crippen molar-refractivity contribution in [2.24, 2.45) is 11.7 Å². The number of hydrogen-bond acceptors (Lipinski definition) is 2. The zero-order valence-corrected chi connectivity index (χ0v) is 8.10. The molecule has 0 aliphatic heterocycles. The Morgan fingerprint density at radius 2 is 2.20 bits per heavy atom. The third kappa shape index (κ3) is 2.02. The largest absolute Gasteiger partial charge is 0.456 e. The normalized spacial score (nSPS) is 21.5. The molecule has 1 aliphatic carbocycles. The molecule has 0 aromatic carbocycles. The van der Waals surface area contributed by atoms with Crippen LogP contribution in [0.15, 0.2) is 10.5 Å². The molecule has 2 rings (SSSR count). The summed E-state index contributed by atoms with van der Waals surface area (Å²) in [6.07, 6.45) is -2.37. The van der Waals surface area contributed by atoms with Gasteiger partial charge in [-0.05, 0) is 36.9 Å². The van der Waals surface area contributed by atoms with Gasteiger partial charge in [0.1, 0.15) is 5.76 Å². The molecule has 2 N–H and O–H groups in total. The van der Waals surface area contributed by atoms with E-state index >= 15 is 0 Å². The van der Waals surface area contributed by atoms with E-state index < -0.39 is 11.9 Å². The van der Waals surface area contributed by atoms with Crippen LogP contribution in [0.2, 0.25) is 0 Å². The Morgan fingerprint density at radius 3 is 2.80 bits per heavy atom. The fraction of sp³-hybridized carbons (Fsp3) is 0.600. The summed E-state index contributed by atoms with van der Waals surface area (Å²) < 4.78 is 41.8. The summed E-state index contributed by atoms with van der Waals surface area (Å²) in [6.45, 7) is 0.501. The van der Waals surface area contributed by atoms with Crippen LogP contribution in [0.5, 0.6) is 0 Å². The zero-order valence-electron chi connectivity index (χ0n) is 8.10. The fourth-order valence-corrected chi connectivity index (χ4v) is 1.92. The number of hydrogen-bond donors (Lipinski definition) is 1. The first-order valence-electron chi connectivity index (χ1n) is 4.89. The molecule has 84 valence electrons. The summed E-state index contributed by atoms with van der Waals surface area (Å²) >= 11 is 0. The highest BCUT2D eigenvalue weighted by Crippen LogP contribution is 2.36. The van der Waals surface area contributed by atoms with Crippen LogP contribution in [0, 0.1) is 5.92 Å². The smallest absolute Gasteiger partial charge is 0.449 e. The molecule has 1 heterocycles. The molecule has 15 heavy (non-hydrogen) atoms. The molecule has 0 radical (unpaired) electrons. The molecule has 1 aliphatic rings. The lowest BCUT2D eigenvalue weighted by molar-refractivity contribution is -0.153. The molecule has 0 amide bonds. The van der Waals surface area contributed by atoms with Crippen LogP contribution in [0.3, 0.4) is 0 Å². The van der Waals surface area contributed by atoms with Gasteiger partial charge in [-0.15, -0.1) is 0 Å². The number of nitrogens with two attached hydrogens (primary N) is 1. The highest BCUT2D eigenvalue weighted by atomic mass is 19.4. The Hall–Kier alpha value is -0.970. The molecule has 2 nitrogen and oxygen atoms in total. The van der Waals surface area contributed by atoms with E-state index in [2.05, 4.69) is 0 Å². The Morgan fingerprint density at radius 1 is 1.47 bits per heavy atom. The van der Waals surface area contributed by atoms with E-state index in [0.29, 0.717) is 30.7 Å². The third-order valence-corrected chi connectivity index (χ3v) is 2.81. The van der Waals surface area contributed by atoms with E-state index in [-0.39, 0.29) is 5.92 Å². The quantitative estimate of drug-likeness (QED) is 0.787. The summed E-state index contributed by atoms with van der Waals surface area (Å²) in [7, 11) is 0. The first-order chi connectivity index (χ1) is 7.00. The summed E-state index contributed by atoms with van der Waals surface area (Å²) in [4.78, 5) is 0. The summed E-state index contributed by atoms with van der Waals surface area (Å²) in [5.74, 6) is -0.168. The van der Waals surface area contributed by atoms with Gasteiger partial charge in [-0.3, -0.25) is 0 Å². The second kappa shape index (κ2) is 3.56. The average Bonchev–Trinajstić information content (AvgIpc) is 2.59. The van der Waals surface area contributed by atoms with Crippen LogP contribution < -0.4 is 5.73 Å². The minimum atomic E-state index is -4.38. The number of rotatable bonds is 1. The molecule has 1 aromatic rings. The summed E-state index contributed by atoms with van der Waals surface area (Å²) in [6, 6.07) is 1.11. The number of furan rings is 1. The number of halogens is 3. The Balaban J connectivity index is 2.26. The van der Waals surface area contributed by atoms with E-state index in [9.17, 15) is 13.2 Å². The molecule has 1 aromatic heterocycles. The molecule has 1 atom stereocenters. The average molecular weight is 219 g/mol. The first kappa shape index (κ1) is 10.5. The van der Waals surface area contributed by atoms with E-state index in [1.807, 2.05) is 0 Å². The lowest BCUT2D eigenvalue weighted by Gasteiger charge is -2.18. The van der Waals surface area contributed by atoms with Gasteiger partial charge in [0.15, 0.2) is 0 Å². The van der Waals surface area contributed by atoms with Crippen molar-refractivity contribution in [1.29, 1.82) is 0 Å². The maximum atomic E-state index is 12.3. The van der Waals surface area contributed by atoms with Crippen LogP contribution in [-0.4, -0.2) is 6.54 Å². The van der Waals surface area contributed by atoms with Gasteiger partial charge in [0, 0.05) is 6.42 Å². The predicted octanol–water partition coefficient (Wildman–Crippen LogP) is 2.36. The van der Waals surface area contributed by atoms with E-state index in [1.54, 1.807) is 0 Å². The second-order valence-electron chi connectivity index (χ2n) is 3.90. The molecule has 0 bridgehead atoms. The minimum absolute atomic E-state index is 0.254. The molecular formula is C10H12F3NO. The van der Waals surface area contributed by atoms with Crippen molar-refractivity contribution < 1.29 is 17.6 Å². The standard InChI is InChI=1S/C10H12F3NO/c11-10(12,13)9-4-7-2-1-6(5-14)3-8(7)15-9/h4,6H,1-3,5,14H2. The lowest BCUT2D eigenvalue weighted by atomic mass is 9.88. The van der Waals surface area contributed by atoms with Crippen LogP contribution in [0.4, 0.5) is 13.2 Å². The van der Waals surface area contributed by atoms with Gasteiger partial charge < -0.3 is 10.2 Å². The van der Waals surface area contributed by atoms with Crippen molar-refractivity contribution in [3.05, 3.63) is 23.2 Å². The highest BCUT2D eigenvalue weighted by Gasteiger charge is 2.37. The molecule has 0 spiro atoms. The predicted molar refractivity (Wildman–Crippen MR) is 48.3 cm³/mol. The van der Waals surface area contributed by atoms with E-state index in [1.165, 1.54) is 0 Å². The second-order valence-corrected chi connectivity index (χ2v) is 3.90. The van der Waals surface area contributed by atoms with Crippen LogP contribution >= 0.6 is 0 Å². The summed E-state index contributed by atoms with van der Waals surface area (Å²) in [5.41, 5.74) is 6.18. The van der Waals surface area contributed by atoms with Crippen molar-refractivity contribution in [2.45, 2.75) is 25.4 Å². The SMILES string of the molecule is NCC1CCc2cc(C(F)(F)F)oc2C1. The molecule has 1 unspecified atom stereocenters. The topological polar surface area (TPSA) is 39.2 Å². The van der Waals surface area contributed by atoms with Crippen molar-refractivity contribution in [3.8, 4) is 0 Å². The maximum Gasteiger partial charge on any atom is 0.449 e. The van der Waals surface area contributed by atoms with Gasteiger partial charge in [0.2, 0.25) is 5.76 Å². The molecule has 0 saturated carbocycles. The van der Waals surface area contributed by atoms with Crippen molar-refractivity contribution in [2.75, 3.05) is 6.54 Å². The molecule has 0 saturated heterocycles.